The Morgan fingerprint density at radius 2 is 1.90 bits per heavy atom. The van der Waals surface area contributed by atoms with Crippen molar-refractivity contribution in [3.63, 3.8) is 0 Å². The van der Waals surface area contributed by atoms with E-state index in [-0.39, 0.29) is 24.1 Å². The molecule has 2 amide bonds. The lowest BCUT2D eigenvalue weighted by atomic mass is 10.1. The summed E-state index contributed by atoms with van der Waals surface area (Å²) < 4.78 is 19.0. The van der Waals surface area contributed by atoms with E-state index in [0.717, 1.165) is 18.7 Å². The van der Waals surface area contributed by atoms with Crippen molar-refractivity contribution in [3.8, 4) is 5.75 Å². The minimum atomic E-state index is -0.281. The lowest BCUT2D eigenvalue weighted by molar-refractivity contribution is -0.917. The molecule has 1 saturated heterocycles. The summed E-state index contributed by atoms with van der Waals surface area (Å²) in [6, 6.07) is 13.8. The molecule has 2 heterocycles. The highest BCUT2D eigenvalue weighted by atomic mass is 19.1. The van der Waals surface area contributed by atoms with Crippen LogP contribution < -0.4 is 20.1 Å². The molecular formula is C23H26FN4O3+. The number of hydrazine groups is 1. The SMILES string of the molecule is COc1ccc(F)cc1C[NH+]1CCN(C(=O)C2=CCC(=O)N(c3ccccc3)N2)CC1. The van der Waals surface area contributed by atoms with Crippen molar-refractivity contribution in [2.75, 3.05) is 38.3 Å². The highest BCUT2D eigenvalue weighted by Crippen LogP contribution is 2.19. The Morgan fingerprint density at radius 3 is 2.61 bits per heavy atom. The summed E-state index contributed by atoms with van der Waals surface area (Å²) in [5.74, 6) is 0.170. The Bertz CT molecular complexity index is 988. The number of ether oxygens (including phenoxy) is 1. The Kier molecular flexibility index (Phi) is 6.18. The number of amides is 2. The third-order valence-corrected chi connectivity index (χ3v) is 5.65. The Hall–Kier alpha value is -3.39. The van der Waals surface area contributed by atoms with Crippen LogP contribution in [0.15, 0.2) is 60.3 Å². The third-order valence-electron chi connectivity index (χ3n) is 5.65. The maximum atomic E-state index is 13.6. The lowest BCUT2D eigenvalue weighted by Crippen LogP contribution is -3.13. The average Bonchev–Trinajstić information content (AvgIpc) is 2.80. The first-order valence-corrected chi connectivity index (χ1v) is 10.3. The number of halogens is 1. The molecule has 2 aliphatic heterocycles. The Morgan fingerprint density at radius 1 is 1.16 bits per heavy atom. The normalized spacial score (nSPS) is 17.2. The van der Waals surface area contributed by atoms with Gasteiger partial charge in [-0.3, -0.25) is 15.0 Å². The van der Waals surface area contributed by atoms with E-state index in [9.17, 15) is 14.0 Å². The van der Waals surface area contributed by atoms with Gasteiger partial charge in [-0.25, -0.2) is 9.40 Å². The summed E-state index contributed by atoms with van der Waals surface area (Å²) in [5.41, 5.74) is 4.92. The molecule has 2 aromatic carbocycles. The van der Waals surface area contributed by atoms with E-state index in [2.05, 4.69) is 5.43 Å². The summed E-state index contributed by atoms with van der Waals surface area (Å²) in [6.45, 7) is 3.31. The summed E-state index contributed by atoms with van der Waals surface area (Å²) in [4.78, 5) is 28.4. The summed E-state index contributed by atoms with van der Waals surface area (Å²) >= 11 is 0. The fourth-order valence-corrected chi connectivity index (χ4v) is 3.96. The van der Waals surface area contributed by atoms with Gasteiger partial charge in [0.05, 0.1) is 44.5 Å². The topological polar surface area (TPSA) is 66.3 Å². The van der Waals surface area contributed by atoms with Gasteiger partial charge in [-0.05, 0) is 36.4 Å². The molecule has 0 saturated carbocycles. The van der Waals surface area contributed by atoms with Crippen LogP contribution in [0.25, 0.3) is 0 Å². The van der Waals surface area contributed by atoms with E-state index >= 15 is 0 Å². The molecule has 162 valence electrons. The minimum Gasteiger partial charge on any atom is -0.496 e. The van der Waals surface area contributed by atoms with Crippen LogP contribution in [-0.2, 0) is 16.1 Å². The molecule has 2 aliphatic rings. The van der Waals surface area contributed by atoms with Gasteiger partial charge in [0.25, 0.3) is 5.91 Å². The van der Waals surface area contributed by atoms with Crippen LogP contribution in [0, 0.1) is 5.82 Å². The van der Waals surface area contributed by atoms with Crippen molar-refractivity contribution in [1.29, 1.82) is 0 Å². The maximum Gasteiger partial charge on any atom is 0.271 e. The van der Waals surface area contributed by atoms with Crippen LogP contribution >= 0.6 is 0 Å². The van der Waals surface area contributed by atoms with Gasteiger partial charge in [-0.2, -0.15) is 0 Å². The van der Waals surface area contributed by atoms with Crippen molar-refractivity contribution in [2.45, 2.75) is 13.0 Å². The Labute approximate surface area is 180 Å². The van der Waals surface area contributed by atoms with E-state index in [1.165, 1.54) is 22.0 Å². The first-order valence-electron chi connectivity index (χ1n) is 10.3. The molecule has 4 rings (SSSR count). The molecule has 1 fully saturated rings. The van der Waals surface area contributed by atoms with Crippen molar-refractivity contribution in [3.05, 3.63) is 71.7 Å². The predicted molar refractivity (Wildman–Crippen MR) is 114 cm³/mol. The number of nitrogens with one attached hydrogen (secondary N) is 2. The van der Waals surface area contributed by atoms with Gasteiger partial charge >= 0.3 is 0 Å². The number of carbonyl (C=O) groups is 2. The number of anilines is 1. The van der Waals surface area contributed by atoms with Gasteiger partial charge in [-0.1, -0.05) is 18.2 Å². The molecule has 0 radical (unpaired) electrons. The van der Waals surface area contributed by atoms with E-state index in [4.69, 9.17) is 4.74 Å². The fraction of sp³-hybridized carbons (Fsp3) is 0.304. The number of rotatable bonds is 5. The number of methoxy groups -OCH3 is 1. The van der Waals surface area contributed by atoms with Gasteiger partial charge < -0.3 is 14.5 Å². The molecule has 0 atom stereocenters. The zero-order chi connectivity index (χ0) is 21.8. The summed E-state index contributed by atoms with van der Waals surface area (Å²) in [7, 11) is 1.58. The molecule has 0 spiro atoms. The van der Waals surface area contributed by atoms with E-state index in [1.807, 2.05) is 30.3 Å². The third kappa shape index (κ3) is 4.69. The second kappa shape index (κ2) is 9.18. The smallest absolute Gasteiger partial charge is 0.271 e. The molecule has 31 heavy (non-hydrogen) atoms. The van der Waals surface area contributed by atoms with E-state index in [1.54, 1.807) is 24.2 Å². The standard InChI is InChI=1S/C23H25FN4O3/c1-31-21-9-7-18(24)15-17(21)16-26-11-13-27(14-12-26)23(30)20-8-10-22(29)28(25-20)19-5-3-2-4-6-19/h2-9,15,25H,10-14,16H2,1H3/p+1. The molecule has 0 aromatic heterocycles. The van der Waals surface area contributed by atoms with Crippen molar-refractivity contribution < 1.29 is 23.6 Å². The molecule has 0 bridgehead atoms. The summed E-state index contributed by atoms with van der Waals surface area (Å²) in [5, 5.41) is 1.42. The number of benzene rings is 2. The molecule has 2 aromatic rings. The largest absolute Gasteiger partial charge is 0.496 e. The maximum absolute atomic E-state index is 13.6. The second-order valence-electron chi connectivity index (χ2n) is 7.67. The monoisotopic (exact) mass is 425 g/mol. The van der Waals surface area contributed by atoms with Gasteiger partial charge in [0.1, 0.15) is 23.8 Å². The van der Waals surface area contributed by atoms with Crippen LogP contribution in [-0.4, -0.2) is 50.0 Å². The van der Waals surface area contributed by atoms with Crippen molar-refractivity contribution in [1.82, 2.24) is 10.3 Å². The van der Waals surface area contributed by atoms with E-state index in [0.29, 0.717) is 36.8 Å². The highest BCUT2D eigenvalue weighted by Gasteiger charge is 2.30. The van der Waals surface area contributed by atoms with Gasteiger partial charge in [0.15, 0.2) is 0 Å². The lowest BCUT2D eigenvalue weighted by Gasteiger charge is -2.35. The quantitative estimate of drug-likeness (QED) is 0.747. The number of carbonyl (C=O) groups excluding carboxylic acids is 2. The van der Waals surface area contributed by atoms with Crippen LogP contribution in [0.4, 0.5) is 10.1 Å². The molecule has 2 N–H and O–H groups in total. The first-order chi connectivity index (χ1) is 15.0. The number of quaternary nitrogens is 1. The van der Waals surface area contributed by atoms with Crippen LogP contribution in [0.3, 0.4) is 0 Å². The molecule has 0 unspecified atom stereocenters. The van der Waals surface area contributed by atoms with Gasteiger partial charge in [-0.15, -0.1) is 0 Å². The van der Waals surface area contributed by atoms with E-state index < -0.39 is 0 Å². The minimum absolute atomic E-state index is 0.110. The fourth-order valence-electron chi connectivity index (χ4n) is 3.96. The van der Waals surface area contributed by atoms with Crippen molar-refractivity contribution in [2.24, 2.45) is 0 Å². The van der Waals surface area contributed by atoms with Gasteiger partial charge in [0.2, 0.25) is 5.91 Å². The van der Waals surface area contributed by atoms with Crippen LogP contribution in [0.1, 0.15) is 12.0 Å². The Balaban J connectivity index is 1.36. The summed E-state index contributed by atoms with van der Waals surface area (Å²) in [6.07, 6.45) is 1.83. The number of hydrogen-bond acceptors (Lipinski definition) is 4. The van der Waals surface area contributed by atoms with Crippen molar-refractivity contribution >= 4 is 17.5 Å². The van der Waals surface area contributed by atoms with Crippen LogP contribution in [0.5, 0.6) is 5.75 Å². The molecule has 0 aliphatic carbocycles. The number of para-hydroxylation sites is 1. The molecular weight excluding hydrogens is 399 g/mol. The number of piperazine rings is 1. The number of hydrogen-bond donors (Lipinski definition) is 2. The average molecular weight is 425 g/mol. The molecule has 8 heteroatoms. The highest BCUT2D eigenvalue weighted by molar-refractivity contribution is 6.01. The first kappa shape index (κ1) is 20.9. The van der Waals surface area contributed by atoms with Gasteiger partial charge in [0, 0.05) is 6.42 Å². The van der Waals surface area contributed by atoms with Crippen LogP contribution in [0.2, 0.25) is 0 Å². The predicted octanol–water partition coefficient (Wildman–Crippen LogP) is 0.887. The zero-order valence-corrected chi connectivity index (χ0v) is 17.4. The second-order valence-corrected chi connectivity index (χ2v) is 7.67. The number of nitrogens with zero attached hydrogens (tertiary/aromatic N) is 2. The zero-order valence-electron chi connectivity index (χ0n) is 17.4. The molecule has 7 nitrogen and oxygen atoms in total.